The Kier molecular flexibility index (Phi) is 5.11. The second-order valence-electron chi connectivity index (χ2n) is 5.75. The predicted octanol–water partition coefficient (Wildman–Crippen LogP) is 3.11. The molecular weight excluding hydrogens is 295 g/mol. The molecule has 0 heterocycles. The van der Waals surface area contributed by atoms with Crippen LogP contribution in [-0.4, -0.2) is 11.8 Å². The highest BCUT2D eigenvalue weighted by atomic mass is 19.1. The van der Waals surface area contributed by atoms with Crippen molar-refractivity contribution in [3.8, 4) is 0 Å². The van der Waals surface area contributed by atoms with Crippen molar-refractivity contribution in [1.82, 2.24) is 5.32 Å². The van der Waals surface area contributed by atoms with Crippen LogP contribution in [0.15, 0.2) is 54.6 Å². The summed E-state index contributed by atoms with van der Waals surface area (Å²) in [5.41, 5.74) is 0.173. The standard InChI is InChI=1S/C18H19FN2O2/c1-18(2,17(23)21-15-6-4-3-5-7-15)16(22)20-12-13-8-10-14(19)11-9-13/h3-11H,12H2,1-2H3,(H,20,22)(H,21,23). The zero-order chi connectivity index (χ0) is 16.9. The third-order valence-electron chi connectivity index (χ3n) is 3.53. The maximum Gasteiger partial charge on any atom is 0.239 e. The number of carbonyl (C=O) groups is 2. The van der Waals surface area contributed by atoms with Crippen LogP contribution in [0.4, 0.5) is 10.1 Å². The molecule has 0 spiro atoms. The monoisotopic (exact) mass is 314 g/mol. The van der Waals surface area contributed by atoms with Crippen molar-refractivity contribution in [2.45, 2.75) is 20.4 Å². The minimum Gasteiger partial charge on any atom is -0.351 e. The highest BCUT2D eigenvalue weighted by Crippen LogP contribution is 2.19. The topological polar surface area (TPSA) is 58.2 Å². The smallest absolute Gasteiger partial charge is 0.239 e. The van der Waals surface area contributed by atoms with Gasteiger partial charge in [-0.3, -0.25) is 9.59 Å². The van der Waals surface area contributed by atoms with E-state index in [1.54, 1.807) is 50.2 Å². The van der Waals surface area contributed by atoms with Crippen molar-refractivity contribution in [1.29, 1.82) is 0 Å². The van der Waals surface area contributed by atoms with Gasteiger partial charge in [0.15, 0.2) is 0 Å². The molecular formula is C18H19FN2O2. The zero-order valence-corrected chi connectivity index (χ0v) is 13.1. The first-order valence-electron chi connectivity index (χ1n) is 7.29. The Morgan fingerprint density at radius 3 is 2.17 bits per heavy atom. The van der Waals surface area contributed by atoms with Crippen LogP contribution in [0.25, 0.3) is 0 Å². The first-order chi connectivity index (χ1) is 10.9. The van der Waals surface area contributed by atoms with Crippen LogP contribution in [0.1, 0.15) is 19.4 Å². The number of para-hydroxylation sites is 1. The molecule has 0 aromatic heterocycles. The molecule has 0 saturated heterocycles. The fourth-order valence-corrected chi connectivity index (χ4v) is 1.92. The SMILES string of the molecule is CC(C)(C(=O)NCc1ccc(F)cc1)C(=O)Nc1ccccc1. The average molecular weight is 314 g/mol. The van der Waals surface area contributed by atoms with Gasteiger partial charge in [-0.25, -0.2) is 4.39 Å². The van der Waals surface area contributed by atoms with E-state index in [0.717, 1.165) is 5.56 Å². The maximum absolute atomic E-state index is 12.8. The van der Waals surface area contributed by atoms with Gasteiger partial charge in [-0.15, -0.1) is 0 Å². The third-order valence-corrected chi connectivity index (χ3v) is 3.53. The molecule has 0 atom stereocenters. The lowest BCUT2D eigenvalue weighted by Crippen LogP contribution is -2.44. The Hall–Kier alpha value is -2.69. The Morgan fingerprint density at radius 2 is 1.57 bits per heavy atom. The van der Waals surface area contributed by atoms with Gasteiger partial charge in [0.2, 0.25) is 11.8 Å². The molecule has 120 valence electrons. The van der Waals surface area contributed by atoms with Gasteiger partial charge >= 0.3 is 0 Å². The van der Waals surface area contributed by atoms with Gasteiger partial charge in [-0.1, -0.05) is 30.3 Å². The summed E-state index contributed by atoms with van der Waals surface area (Å²) in [6.45, 7) is 3.36. The minimum absolute atomic E-state index is 0.237. The molecule has 0 aliphatic rings. The molecule has 0 bridgehead atoms. The molecule has 0 unspecified atom stereocenters. The molecule has 0 aliphatic carbocycles. The predicted molar refractivity (Wildman–Crippen MR) is 87.1 cm³/mol. The summed E-state index contributed by atoms with van der Waals surface area (Å²) >= 11 is 0. The van der Waals surface area contributed by atoms with Crippen molar-refractivity contribution >= 4 is 17.5 Å². The lowest BCUT2D eigenvalue weighted by atomic mass is 9.91. The third kappa shape index (κ3) is 4.39. The number of benzene rings is 2. The van der Waals surface area contributed by atoms with Crippen LogP contribution in [0.3, 0.4) is 0 Å². The van der Waals surface area contributed by atoms with E-state index in [-0.39, 0.29) is 18.3 Å². The summed E-state index contributed by atoms with van der Waals surface area (Å²) < 4.78 is 12.8. The highest BCUT2D eigenvalue weighted by molar-refractivity contribution is 6.09. The van der Waals surface area contributed by atoms with Crippen LogP contribution >= 0.6 is 0 Å². The largest absolute Gasteiger partial charge is 0.351 e. The van der Waals surface area contributed by atoms with Crippen molar-refractivity contribution in [2.24, 2.45) is 5.41 Å². The Balaban J connectivity index is 1.96. The van der Waals surface area contributed by atoms with Crippen LogP contribution in [-0.2, 0) is 16.1 Å². The number of amides is 2. The van der Waals surface area contributed by atoms with E-state index in [0.29, 0.717) is 5.69 Å². The molecule has 23 heavy (non-hydrogen) atoms. The summed E-state index contributed by atoms with van der Waals surface area (Å²) in [6, 6.07) is 14.8. The number of nitrogens with one attached hydrogen (secondary N) is 2. The molecule has 0 aliphatic heterocycles. The van der Waals surface area contributed by atoms with E-state index >= 15 is 0 Å². The summed E-state index contributed by atoms with van der Waals surface area (Å²) in [5.74, 6) is -1.11. The summed E-state index contributed by atoms with van der Waals surface area (Å²) in [5, 5.41) is 5.42. The second-order valence-corrected chi connectivity index (χ2v) is 5.75. The van der Waals surface area contributed by atoms with Gasteiger partial charge in [0.1, 0.15) is 11.2 Å². The van der Waals surface area contributed by atoms with E-state index in [1.807, 2.05) is 6.07 Å². The molecule has 2 N–H and O–H groups in total. The van der Waals surface area contributed by atoms with E-state index in [1.165, 1.54) is 12.1 Å². The van der Waals surface area contributed by atoms with E-state index in [2.05, 4.69) is 10.6 Å². The van der Waals surface area contributed by atoms with E-state index in [9.17, 15) is 14.0 Å². The molecule has 0 fully saturated rings. The molecule has 2 rings (SSSR count). The van der Waals surface area contributed by atoms with Crippen molar-refractivity contribution in [3.63, 3.8) is 0 Å². The molecule has 0 saturated carbocycles. The second kappa shape index (κ2) is 7.05. The quantitative estimate of drug-likeness (QED) is 0.833. The lowest BCUT2D eigenvalue weighted by Gasteiger charge is -2.22. The number of carbonyl (C=O) groups excluding carboxylic acids is 2. The first-order valence-corrected chi connectivity index (χ1v) is 7.29. The summed E-state index contributed by atoms with van der Waals surface area (Å²) in [7, 11) is 0. The minimum atomic E-state index is -1.23. The van der Waals surface area contributed by atoms with Gasteiger partial charge in [-0.2, -0.15) is 0 Å². The van der Waals surface area contributed by atoms with Crippen molar-refractivity contribution < 1.29 is 14.0 Å². The van der Waals surface area contributed by atoms with Crippen LogP contribution in [0, 0.1) is 11.2 Å². The lowest BCUT2D eigenvalue weighted by molar-refractivity contribution is -0.138. The number of rotatable bonds is 5. The van der Waals surface area contributed by atoms with Crippen LogP contribution < -0.4 is 10.6 Å². The molecule has 2 amide bonds. The molecule has 0 radical (unpaired) electrons. The average Bonchev–Trinajstić information content (AvgIpc) is 2.54. The van der Waals surface area contributed by atoms with Crippen molar-refractivity contribution in [3.05, 3.63) is 66.0 Å². The summed E-state index contributed by atoms with van der Waals surface area (Å²) in [4.78, 5) is 24.6. The number of hydrogen-bond donors (Lipinski definition) is 2. The van der Waals surface area contributed by atoms with E-state index in [4.69, 9.17) is 0 Å². The fourth-order valence-electron chi connectivity index (χ4n) is 1.92. The van der Waals surface area contributed by atoms with Gasteiger partial charge in [0.25, 0.3) is 0 Å². The number of halogens is 1. The molecule has 4 nitrogen and oxygen atoms in total. The molecule has 2 aromatic carbocycles. The summed E-state index contributed by atoms with van der Waals surface area (Å²) in [6.07, 6.45) is 0. The molecule has 2 aromatic rings. The van der Waals surface area contributed by atoms with Gasteiger partial charge in [-0.05, 0) is 43.7 Å². The van der Waals surface area contributed by atoms with Gasteiger partial charge in [0, 0.05) is 12.2 Å². The van der Waals surface area contributed by atoms with E-state index < -0.39 is 11.3 Å². The van der Waals surface area contributed by atoms with Crippen LogP contribution in [0.5, 0.6) is 0 Å². The zero-order valence-electron chi connectivity index (χ0n) is 13.1. The Labute approximate surface area is 134 Å². The van der Waals surface area contributed by atoms with Crippen LogP contribution in [0.2, 0.25) is 0 Å². The fraction of sp³-hybridized carbons (Fsp3) is 0.222. The number of anilines is 1. The van der Waals surface area contributed by atoms with Gasteiger partial charge < -0.3 is 10.6 Å². The Bertz CT molecular complexity index is 682. The number of hydrogen-bond acceptors (Lipinski definition) is 2. The van der Waals surface area contributed by atoms with Gasteiger partial charge in [0.05, 0.1) is 0 Å². The maximum atomic E-state index is 12.8. The Morgan fingerprint density at radius 1 is 0.957 bits per heavy atom. The highest BCUT2D eigenvalue weighted by Gasteiger charge is 2.35. The normalized spacial score (nSPS) is 10.9. The first kappa shape index (κ1) is 16.7. The van der Waals surface area contributed by atoms with Crippen molar-refractivity contribution in [2.75, 3.05) is 5.32 Å². The molecule has 5 heteroatoms.